The lowest BCUT2D eigenvalue weighted by atomic mass is 10.2. The zero-order chi connectivity index (χ0) is 15.4. The van der Waals surface area contributed by atoms with Crippen LogP contribution in [0, 0.1) is 5.82 Å². The van der Waals surface area contributed by atoms with Gasteiger partial charge in [0.1, 0.15) is 5.82 Å². The number of rotatable bonds is 4. The highest BCUT2D eigenvalue weighted by Gasteiger charge is 2.25. The maximum Gasteiger partial charge on any atom is 0.174 e. The molecule has 0 aliphatic heterocycles. The van der Waals surface area contributed by atoms with Gasteiger partial charge in [-0.2, -0.15) is 0 Å². The highest BCUT2D eigenvalue weighted by atomic mass is 32.1. The Morgan fingerprint density at radius 2 is 1.95 bits per heavy atom. The van der Waals surface area contributed by atoms with Gasteiger partial charge >= 0.3 is 0 Å². The van der Waals surface area contributed by atoms with E-state index in [1.807, 2.05) is 0 Å². The van der Waals surface area contributed by atoms with Gasteiger partial charge in [0.05, 0.1) is 6.54 Å². The van der Waals surface area contributed by atoms with Gasteiger partial charge in [0, 0.05) is 16.6 Å². The number of anilines is 1. The minimum atomic E-state index is -0.234. The fraction of sp³-hybridized carbons (Fsp3) is 0.353. The molecule has 0 spiro atoms. The number of nitrogens with one attached hydrogen (secondary N) is 1. The van der Waals surface area contributed by atoms with Crippen LogP contribution in [-0.2, 0) is 6.54 Å². The monoisotopic (exact) mass is 334 g/mol. The van der Waals surface area contributed by atoms with Crippen molar-refractivity contribution in [3.8, 4) is 0 Å². The Kier molecular flexibility index (Phi) is 5.05. The standard InChI is InChI=1S/C17H19FN2S2/c18-13-7-9-14(10-8-13)19-17(21)20(15-4-1-2-5-15)12-16-6-3-11-22-16/h3,6-11,15H,1-2,4-5,12H2,(H,19,21). The number of benzene rings is 1. The van der Waals surface area contributed by atoms with E-state index in [4.69, 9.17) is 12.2 Å². The van der Waals surface area contributed by atoms with Crippen LogP contribution < -0.4 is 5.32 Å². The van der Waals surface area contributed by atoms with Crippen LogP contribution in [0.15, 0.2) is 41.8 Å². The summed E-state index contributed by atoms with van der Waals surface area (Å²) in [7, 11) is 0. The molecule has 0 bridgehead atoms. The molecule has 1 saturated carbocycles. The van der Waals surface area contributed by atoms with E-state index in [-0.39, 0.29) is 5.82 Å². The van der Waals surface area contributed by atoms with Crippen molar-refractivity contribution in [3.63, 3.8) is 0 Å². The van der Waals surface area contributed by atoms with E-state index < -0.39 is 0 Å². The van der Waals surface area contributed by atoms with Crippen molar-refractivity contribution in [3.05, 3.63) is 52.5 Å². The molecule has 3 rings (SSSR count). The van der Waals surface area contributed by atoms with Gasteiger partial charge in [0.2, 0.25) is 0 Å². The molecule has 2 nitrogen and oxygen atoms in total. The molecular weight excluding hydrogens is 315 g/mol. The van der Waals surface area contributed by atoms with Gasteiger partial charge in [-0.25, -0.2) is 4.39 Å². The quantitative estimate of drug-likeness (QED) is 0.790. The summed E-state index contributed by atoms with van der Waals surface area (Å²) in [6.45, 7) is 0.843. The summed E-state index contributed by atoms with van der Waals surface area (Å²) >= 11 is 7.38. The van der Waals surface area contributed by atoms with Gasteiger partial charge in [-0.1, -0.05) is 18.9 Å². The molecule has 1 aromatic heterocycles. The minimum absolute atomic E-state index is 0.234. The number of thiophene rings is 1. The maximum atomic E-state index is 13.0. The summed E-state index contributed by atoms with van der Waals surface area (Å²) in [5.74, 6) is -0.234. The Morgan fingerprint density at radius 3 is 2.59 bits per heavy atom. The molecule has 0 unspecified atom stereocenters. The summed E-state index contributed by atoms with van der Waals surface area (Å²) in [4.78, 5) is 3.60. The van der Waals surface area contributed by atoms with Crippen molar-refractivity contribution in [2.75, 3.05) is 5.32 Å². The topological polar surface area (TPSA) is 15.3 Å². The molecule has 5 heteroatoms. The molecule has 0 saturated heterocycles. The van der Waals surface area contributed by atoms with E-state index in [1.54, 1.807) is 23.5 Å². The normalized spacial score (nSPS) is 15.0. The fourth-order valence-electron chi connectivity index (χ4n) is 2.88. The number of hydrogen-bond donors (Lipinski definition) is 1. The van der Waals surface area contributed by atoms with Gasteiger partial charge in [-0.3, -0.25) is 0 Å². The van der Waals surface area contributed by atoms with E-state index in [0.717, 1.165) is 17.3 Å². The molecule has 22 heavy (non-hydrogen) atoms. The summed E-state index contributed by atoms with van der Waals surface area (Å²) in [6.07, 6.45) is 4.92. The molecule has 1 fully saturated rings. The van der Waals surface area contributed by atoms with Crippen LogP contribution in [-0.4, -0.2) is 16.1 Å². The van der Waals surface area contributed by atoms with Crippen LogP contribution in [0.2, 0.25) is 0 Å². The third kappa shape index (κ3) is 3.84. The third-order valence-electron chi connectivity index (χ3n) is 4.03. The Labute approximate surface area is 140 Å². The van der Waals surface area contributed by atoms with Crippen LogP contribution in [0.5, 0.6) is 0 Å². The Bertz CT molecular complexity index is 604. The van der Waals surface area contributed by atoms with Crippen molar-refractivity contribution in [2.24, 2.45) is 0 Å². The molecule has 1 aromatic carbocycles. The number of hydrogen-bond acceptors (Lipinski definition) is 2. The van der Waals surface area contributed by atoms with E-state index >= 15 is 0 Å². The highest BCUT2D eigenvalue weighted by Crippen LogP contribution is 2.27. The summed E-state index contributed by atoms with van der Waals surface area (Å²) in [5, 5.41) is 6.08. The first kappa shape index (κ1) is 15.4. The van der Waals surface area contributed by atoms with E-state index in [9.17, 15) is 4.39 Å². The highest BCUT2D eigenvalue weighted by molar-refractivity contribution is 7.80. The SMILES string of the molecule is Fc1ccc(NC(=S)N(Cc2cccs2)C2CCCC2)cc1. The van der Waals surface area contributed by atoms with Gasteiger partial charge in [-0.15, -0.1) is 11.3 Å². The molecule has 1 N–H and O–H groups in total. The van der Waals surface area contributed by atoms with E-state index in [2.05, 4.69) is 27.7 Å². The zero-order valence-electron chi connectivity index (χ0n) is 12.3. The average Bonchev–Trinajstić information content (AvgIpc) is 3.20. The summed E-state index contributed by atoms with van der Waals surface area (Å²) in [6, 6.07) is 11.1. The van der Waals surface area contributed by atoms with E-state index in [0.29, 0.717) is 6.04 Å². The lowest BCUT2D eigenvalue weighted by molar-refractivity contribution is 0.314. The van der Waals surface area contributed by atoms with Gasteiger partial charge < -0.3 is 10.2 Å². The molecule has 0 atom stereocenters. The number of halogens is 1. The molecular formula is C17H19FN2S2. The third-order valence-corrected chi connectivity index (χ3v) is 5.23. The van der Waals surface area contributed by atoms with Crippen molar-refractivity contribution in [1.82, 2.24) is 4.90 Å². The minimum Gasteiger partial charge on any atom is -0.341 e. The van der Waals surface area contributed by atoms with Gasteiger partial charge in [0.15, 0.2) is 5.11 Å². The molecule has 0 amide bonds. The first-order valence-electron chi connectivity index (χ1n) is 7.58. The number of thiocarbonyl (C=S) groups is 1. The van der Waals surface area contributed by atoms with Crippen LogP contribution >= 0.6 is 23.6 Å². The number of nitrogens with zero attached hydrogens (tertiary/aromatic N) is 1. The fourth-order valence-corrected chi connectivity index (χ4v) is 3.92. The van der Waals surface area contributed by atoms with Crippen molar-refractivity contribution < 1.29 is 4.39 Å². The predicted molar refractivity (Wildman–Crippen MR) is 94.7 cm³/mol. The second kappa shape index (κ2) is 7.20. The maximum absolute atomic E-state index is 13.0. The molecule has 1 heterocycles. The first-order chi connectivity index (χ1) is 10.7. The van der Waals surface area contributed by atoms with Crippen molar-refractivity contribution in [2.45, 2.75) is 38.3 Å². The lowest BCUT2D eigenvalue weighted by Gasteiger charge is -2.31. The average molecular weight is 334 g/mol. The Morgan fingerprint density at radius 1 is 1.23 bits per heavy atom. The van der Waals surface area contributed by atoms with Crippen molar-refractivity contribution in [1.29, 1.82) is 0 Å². The second-order valence-corrected chi connectivity index (χ2v) is 7.00. The lowest BCUT2D eigenvalue weighted by Crippen LogP contribution is -2.40. The molecule has 0 radical (unpaired) electrons. The van der Waals surface area contributed by atoms with Crippen LogP contribution in [0.25, 0.3) is 0 Å². The van der Waals surface area contributed by atoms with Gasteiger partial charge in [-0.05, 0) is 60.8 Å². The van der Waals surface area contributed by atoms with Crippen LogP contribution in [0.4, 0.5) is 10.1 Å². The smallest absolute Gasteiger partial charge is 0.174 e. The zero-order valence-corrected chi connectivity index (χ0v) is 13.9. The van der Waals surface area contributed by atoms with Crippen molar-refractivity contribution >= 4 is 34.4 Å². The first-order valence-corrected chi connectivity index (χ1v) is 8.87. The van der Waals surface area contributed by atoms with E-state index in [1.165, 1.54) is 42.7 Å². The molecule has 1 aliphatic carbocycles. The summed E-state index contributed by atoms with van der Waals surface area (Å²) < 4.78 is 13.0. The Balaban J connectivity index is 1.72. The molecule has 1 aliphatic rings. The molecule has 2 aromatic rings. The Hall–Kier alpha value is -1.46. The van der Waals surface area contributed by atoms with Gasteiger partial charge in [0.25, 0.3) is 0 Å². The van der Waals surface area contributed by atoms with Crippen LogP contribution in [0.3, 0.4) is 0 Å². The molecule has 116 valence electrons. The summed E-state index contributed by atoms with van der Waals surface area (Å²) in [5.41, 5.74) is 0.834. The second-order valence-electron chi connectivity index (χ2n) is 5.58. The largest absolute Gasteiger partial charge is 0.341 e. The predicted octanol–water partition coefficient (Wildman–Crippen LogP) is 5.03. The van der Waals surface area contributed by atoms with Crippen LogP contribution in [0.1, 0.15) is 30.6 Å².